The lowest BCUT2D eigenvalue weighted by molar-refractivity contribution is -0.115. The lowest BCUT2D eigenvalue weighted by Gasteiger charge is -2.31. The van der Waals surface area contributed by atoms with Gasteiger partial charge in [-0.1, -0.05) is 12.1 Å². The molecule has 5 nitrogen and oxygen atoms in total. The molecule has 2 N–H and O–H groups in total. The van der Waals surface area contributed by atoms with E-state index in [0.717, 1.165) is 47.2 Å². The van der Waals surface area contributed by atoms with Crippen molar-refractivity contribution in [3.63, 3.8) is 0 Å². The van der Waals surface area contributed by atoms with Gasteiger partial charge in [0.15, 0.2) is 0 Å². The number of aromatic nitrogens is 1. The van der Waals surface area contributed by atoms with Crippen LogP contribution in [-0.4, -0.2) is 42.0 Å². The number of hydrogen-bond donors (Lipinski definition) is 2. The second kappa shape index (κ2) is 8.75. The molecule has 0 bridgehead atoms. The van der Waals surface area contributed by atoms with Gasteiger partial charge in [-0.2, -0.15) is 0 Å². The lowest BCUT2D eigenvalue weighted by atomic mass is 10.1. The van der Waals surface area contributed by atoms with E-state index in [1.165, 1.54) is 12.8 Å². The van der Waals surface area contributed by atoms with Crippen molar-refractivity contribution in [3.05, 3.63) is 45.4 Å². The van der Waals surface area contributed by atoms with Gasteiger partial charge in [0.25, 0.3) is 0 Å². The predicted octanol–water partition coefficient (Wildman–Crippen LogP) is 3.12. The summed E-state index contributed by atoms with van der Waals surface area (Å²) in [5.41, 5.74) is 4.18. The van der Waals surface area contributed by atoms with E-state index in [-0.39, 0.29) is 5.91 Å². The Kier molecular flexibility index (Phi) is 6.40. The van der Waals surface area contributed by atoms with Crippen LogP contribution >= 0.6 is 11.3 Å². The smallest absolute Gasteiger partial charge is 0.231 e. The molecule has 2 heterocycles. The first-order valence-electron chi connectivity index (χ1n) is 9.23. The number of carbonyl (C=O) groups is 1. The highest BCUT2D eigenvalue weighted by atomic mass is 32.1. The molecule has 1 aromatic heterocycles. The highest BCUT2D eigenvalue weighted by Gasteiger charge is 2.19. The number of carbonyl (C=O) groups excluding carboxylic acids is 1. The Morgan fingerprint density at radius 3 is 3.04 bits per heavy atom. The quantitative estimate of drug-likeness (QED) is 0.818. The molecule has 1 aliphatic rings. The van der Waals surface area contributed by atoms with Gasteiger partial charge in [-0.25, -0.2) is 4.98 Å². The number of nitrogens with zero attached hydrogens (tertiary/aromatic N) is 2. The van der Waals surface area contributed by atoms with Gasteiger partial charge in [0.05, 0.1) is 12.1 Å². The minimum atomic E-state index is -0.00665. The number of hydrogen-bond acceptors (Lipinski definition) is 5. The molecule has 0 saturated carbocycles. The van der Waals surface area contributed by atoms with Crippen molar-refractivity contribution in [2.75, 3.05) is 25.5 Å². The van der Waals surface area contributed by atoms with Crippen LogP contribution in [0.4, 0.5) is 5.69 Å². The number of aryl methyl sites for hydroxylation is 2. The summed E-state index contributed by atoms with van der Waals surface area (Å²) in [6.07, 6.45) is 2.80. The van der Waals surface area contributed by atoms with Crippen molar-refractivity contribution in [1.82, 2.24) is 15.2 Å². The molecule has 3 rings (SSSR count). The summed E-state index contributed by atoms with van der Waals surface area (Å²) in [5, 5.41) is 9.35. The molecule has 1 unspecified atom stereocenters. The third kappa shape index (κ3) is 5.13. The number of benzene rings is 1. The first-order valence-corrected chi connectivity index (χ1v) is 10.1. The van der Waals surface area contributed by atoms with Crippen molar-refractivity contribution >= 4 is 22.9 Å². The maximum Gasteiger partial charge on any atom is 0.231 e. The molecular formula is C20H28N4OS. The number of rotatable bonds is 6. The number of anilines is 1. The van der Waals surface area contributed by atoms with E-state index in [1.54, 1.807) is 11.3 Å². The van der Waals surface area contributed by atoms with Crippen molar-refractivity contribution in [3.8, 4) is 0 Å². The van der Waals surface area contributed by atoms with Crippen LogP contribution < -0.4 is 10.6 Å². The van der Waals surface area contributed by atoms with Gasteiger partial charge < -0.3 is 10.6 Å². The monoisotopic (exact) mass is 372 g/mol. The molecule has 1 aliphatic heterocycles. The normalized spacial score (nSPS) is 18.0. The van der Waals surface area contributed by atoms with Gasteiger partial charge in [-0.3, -0.25) is 9.69 Å². The summed E-state index contributed by atoms with van der Waals surface area (Å²) in [5.74, 6) is -0.00665. The number of thiazole rings is 1. The van der Waals surface area contributed by atoms with E-state index in [1.807, 2.05) is 33.0 Å². The molecule has 0 spiro atoms. The molecule has 2 aromatic rings. The highest BCUT2D eigenvalue weighted by Crippen LogP contribution is 2.19. The van der Waals surface area contributed by atoms with E-state index < -0.39 is 0 Å². The fraction of sp³-hybridized carbons (Fsp3) is 0.500. The van der Waals surface area contributed by atoms with Crippen molar-refractivity contribution in [2.45, 2.75) is 45.7 Å². The standard InChI is InChI=1S/C20H28N4OS/c1-14-6-7-15(2)18(9-14)23-19(25)10-20-22-17(13-26-20)12-24-8-4-5-16(11-24)21-3/h6-7,9,13,16,21H,4-5,8,10-12H2,1-3H3,(H,23,25). The molecule has 0 aliphatic carbocycles. The van der Waals surface area contributed by atoms with Gasteiger partial charge in [0.1, 0.15) is 5.01 Å². The Labute approximate surface area is 159 Å². The minimum absolute atomic E-state index is 0.00665. The average molecular weight is 373 g/mol. The molecule has 140 valence electrons. The predicted molar refractivity (Wildman–Crippen MR) is 108 cm³/mol. The maximum absolute atomic E-state index is 12.4. The first-order chi connectivity index (χ1) is 12.5. The molecule has 26 heavy (non-hydrogen) atoms. The van der Waals surface area contributed by atoms with Gasteiger partial charge in [0.2, 0.25) is 5.91 Å². The Morgan fingerprint density at radius 1 is 1.38 bits per heavy atom. The van der Waals surface area contributed by atoms with Crippen LogP contribution in [0.5, 0.6) is 0 Å². The molecule has 6 heteroatoms. The molecule has 1 atom stereocenters. The van der Waals surface area contributed by atoms with Crippen LogP contribution in [0.2, 0.25) is 0 Å². The number of piperidine rings is 1. The van der Waals surface area contributed by atoms with Crippen LogP contribution in [0, 0.1) is 13.8 Å². The Balaban J connectivity index is 1.54. The third-order valence-electron chi connectivity index (χ3n) is 4.88. The number of likely N-dealkylation sites (N-methyl/N-ethyl adjacent to an activating group) is 1. The average Bonchev–Trinajstić information content (AvgIpc) is 3.05. The maximum atomic E-state index is 12.4. The van der Waals surface area contributed by atoms with Gasteiger partial charge in [-0.05, 0) is 57.5 Å². The van der Waals surface area contributed by atoms with Gasteiger partial charge >= 0.3 is 0 Å². The summed E-state index contributed by atoms with van der Waals surface area (Å²) in [6, 6.07) is 6.67. The fourth-order valence-corrected chi connectivity index (χ4v) is 4.15. The summed E-state index contributed by atoms with van der Waals surface area (Å²) < 4.78 is 0. The molecule has 0 radical (unpaired) electrons. The number of nitrogens with one attached hydrogen (secondary N) is 2. The first kappa shape index (κ1) is 19.0. The summed E-state index contributed by atoms with van der Waals surface area (Å²) >= 11 is 1.58. The number of likely N-dealkylation sites (tertiary alicyclic amines) is 1. The van der Waals surface area contributed by atoms with Crippen molar-refractivity contribution in [2.24, 2.45) is 0 Å². The third-order valence-corrected chi connectivity index (χ3v) is 5.78. The van der Waals surface area contributed by atoms with Crippen LogP contribution in [-0.2, 0) is 17.8 Å². The summed E-state index contributed by atoms with van der Waals surface area (Å²) in [6.45, 7) is 7.09. The van der Waals surface area contributed by atoms with Crippen LogP contribution in [0.25, 0.3) is 0 Å². The second-order valence-electron chi connectivity index (χ2n) is 7.14. The topological polar surface area (TPSA) is 57.3 Å². The number of amides is 1. The molecule has 1 saturated heterocycles. The van der Waals surface area contributed by atoms with Crippen molar-refractivity contribution < 1.29 is 4.79 Å². The zero-order valence-electron chi connectivity index (χ0n) is 15.8. The van der Waals surface area contributed by atoms with E-state index >= 15 is 0 Å². The summed E-state index contributed by atoms with van der Waals surface area (Å²) in [4.78, 5) is 19.5. The molecule has 1 amide bonds. The second-order valence-corrected chi connectivity index (χ2v) is 8.08. The Hall–Kier alpha value is -1.76. The molecule has 1 fully saturated rings. The van der Waals surface area contributed by atoms with Crippen LogP contribution in [0.1, 0.15) is 34.7 Å². The SMILES string of the molecule is CNC1CCCN(Cc2csc(CC(=O)Nc3cc(C)ccc3C)n2)C1. The minimum Gasteiger partial charge on any atom is -0.325 e. The van der Waals surface area contributed by atoms with Crippen LogP contribution in [0.3, 0.4) is 0 Å². The van der Waals surface area contributed by atoms with E-state index in [0.29, 0.717) is 12.5 Å². The van der Waals surface area contributed by atoms with Gasteiger partial charge in [0, 0.05) is 30.2 Å². The summed E-state index contributed by atoms with van der Waals surface area (Å²) in [7, 11) is 2.03. The van der Waals surface area contributed by atoms with E-state index in [9.17, 15) is 4.79 Å². The molecular weight excluding hydrogens is 344 g/mol. The Bertz CT molecular complexity index is 758. The zero-order chi connectivity index (χ0) is 18.5. The molecule has 1 aromatic carbocycles. The van der Waals surface area contributed by atoms with E-state index in [2.05, 4.69) is 32.0 Å². The van der Waals surface area contributed by atoms with E-state index in [4.69, 9.17) is 0 Å². The zero-order valence-corrected chi connectivity index (χ0v) is 16.7. The van der Waals surface area contributed by atoms with Crippen LogP contribution in [0.15, 0.2) is 23.6 Å². The largest absolute Gasteiger partial charge is 0.325 e. The van der Waals surface area contributed by atoms with Crippen molar-refractivity contribution in [1.29, 1.82) is 0 Å². The lowest BCUT2D eigenvalue weighted by Crippen LogP contribution is -2.43. The fourth-order valence-electron chi connectivity index (χ4n) is 3.37. The highest BCUT2D eigenvalue weighted by molar-refractivity contribution is 7.09. The Morgan fingerprint density at radius 2 is 2.23 bits per heavy atom. The van der Waals surface area contributed by atoms with Gasteiger partial charge in [-0.15, -0.1) is 11.3 Å².